The van der Waals surface area contributed by atoms with Gasteiger partial charge in [-0.1, -0.05) is 0 Å². The first-order valence-electron chi connectivity index (χ1n) is 4.19. The van der Waals surface area contributed by atoms with Crippen LogP contribution >= 0.6 is 15.9 Å². The summed E-state index contributed by atoms with van der Waals surface area (Å²) in [6.45, 7) is 0. The van der Waals surface area contributed by atoms with Crippen molar-refractivity contribution in [3.8, 4) is 0 Å². The van der Waals surface area contributed by atoms with Gasteiger partial charge in [0.1, 0.15) is 5.69 Å². The van der Waals surface area contributed by atoms with E-state index in [-0.39, 0.29) is 11.4 Å². The third kappa shape index (κ3) is 1.54. The van der Waals surface area contributed by atoms with E-state index in [4.69, 9.17) is 5.11 Å². The van der Waals surface area contributed by atoms with Gasteiger partial charge in [-0.15, -0.1) is 0 Å². The van der Waals surface area contributed by atoms with Crippen LogP contribution in [0.3, 0.4) is 0 Å². The Bertz CT molecular complexity index is 605. The molecule has 6 nitrogen and oxygen atoms in total. The number of H-pyrrole nitrogens is 1. The maximum atomic E-state index is 10.8. The second-order valence-electron chi connectivity index (χ2n) is 3.11. The van der Waals surface area contributed by atoms with Gasteiger partial charge >= 0.3 is 5.97 Å². The lowest BCUT2D eigenvalue weighted by atomic mass is 10.2. The van der Waals surface area contributed by atoms with Crippen LogP contribution in [-0.4, -0.2) is 21.0 Å². The summed E-state index contributed by atoms with van der Waals surface area (Å²) in [5, 5.41) is 19.9. The first-order chi connectivity index (χ1) is 7.50. The molecule has 2 rings (SSSR count). The molecule has 0 aliphatic heterocycles. The highest BCUT2D eigenvalue weighted by Crippen LogP contribution is 2.30. The minimum atomic E-state index is -1.12. The van der Waals surface area contributed by atoms with Gasteiger partial charge in [0.25, 0.3) is 5.69 Å². The SMILES string of the molecule is O=C(O)c1[nH]c2ccc([N+](=O)[O-])cc2c1Br. The number of non-ortho nitro benzene ring substituents is 1. The minimum absolute atomic E-state index is 0.0181. The highest BCUT2D eigenvalue weighted by Gasteiger charge is 2.17. The van der Waals surface area contributed by atoms with Crippen LogP contribution in [0.4, 0.5) is 5.69 Å². The normalized spacial score (nSPS) is 10.6. The average molecular weight is 285 g/mol. The molecule has 0 saturated heterocycles. The molecule has 1 heterocycles. The van der Waals surface area contributed by atoms with Gasteiger partial charge in [0.05, 0.1) is 9.40 Å². The summed E-state index contributed by atoms with van der Waals surface area (Å²) in [4.78, 5) is 23.5. The molecule has 2 N–H and O–H groups in total. The number of hydrogen-bond acceptors (Lipinski definition) is 3. The van der Waals surface area contributed by atoms with Crippen LogP contribution in [0.15, 0.2) is 22.7 Å². The Labute approximate surface area is 97.2 Å². The Kier molecular flexibility index (Phi) is 2.39. The topological polar surface area (TPSA) is 96.2 Å². The summed E-state index contributed by atoms with van der Waals surface area (Å²) in [7, 11) is 0. The van der Waals surface area contributed by atoms with E-state index < -0.39 is 10.9 Å². The van der Waals surface area contributed by atoms with Gasteiger partial charge in [-0.25, -0.2) is 4.79 Å². The Morgan fingerprint density at radius 3 is 2.75 bits per heavy atom. The van der Waals surface area contributed by atoms with E-state index in [1.807, 2.05) is 0 Å². The van der Waals surface area contributed by atoms with Gasteiger partial charge in [-0.2, -0.15) is 0 Å². The van der Waals surface area contributed by atoms with Crippen molar-refractivity contribution in [2.45, 2.75) is 0 Å². The molecule has 0 radical (unpaired) electrons. The van der Waals surface area contributed by atoms with Crippen LogP contribution < -0.4 is 0 Å². The van der Waals surface area contributed by atoms with Crippen molar-refractivity contribution in [3.63, 3.8) is 0 Å². The zero-order chi connectivity index (χ0) is 11.9. The third-order valence-electron chi connectivity index (χ3n) is 2.14. The predicted molar refractivity (Wildman–Crippen MR) is 59.6 cm³/mol. The number of fused-ring (bicyclic) bond motifs is 1. The van der Waals surface area contributed by atoms with E-state index in [9.17, 15) is 14.9 Å². The van der Waals surface area contributed by atoms with E-state index in [2.05, 4.69) is 20.9 Å². The summed E-state index contributed by atoms with van der Waals surface area (Å²) in [6.07, 6.45) is 0. The van der Waals surface area contributed by atoms with Crippen molar-refractivity contribution in [1.29, 1.82) is 0 Å². The number of aromatic carboxylic acids is 1. The van der Waals surface area contributed by atoms with Gasteiger partial charge in [0.2, 0.25) is 0 Å². The fourth-order valence-corrected chi connectivity index (χ4v) is 2.00. The monoisotopic (exact) mass is 284 g/mol. The largest absolute Gasteiger partial charge is 0.477 e. The molecule has 0 spiro atoms. The molecule has 0 aliphatic rings. The molecule has 2 aromatic rings. The van der Waals surface area contributed by atoms with Crippen LogP contribution in [0.1, 0.15) is 10.5 Å². The molecule has 0 saturated carbocycles. The van der Waals surface area contributed by atoms with Crippen molar-refractivity contribution in [2.24, 2.45) is 0 Å². The lowest BCUT2D eigenvalue weighted by molar-refractivity contribution is -0.384. The summed E-state index contributed by atoms with van der Waals surface area (Å²) in [5.41, 5.74) is 0.439. The number of benzene rings is 1. The standard InChI is InChI=1S/C9H5BrN2O4/c10-7-5-3-4(12(15)16)1-2-6(5)11-8(7)9(13)14/h1-3,11H,(H,13,14). The summed E-state index contributed by atoms with van der Waals surface area (Å²) in [6, 6.07) is 4.12. The molecule has 0 aliphatic carbocycles. The summed E-state index contributed by atoms with van der Waals surface area (Å²) >= 11 is 3.10. The number of aromatic nitrogens is 1. The van der Waals surface area contributed by atoms with Gasteiger partial charge < -0.3 is 10.1 Å². The first-order valence-corrected chi connectivity index (χ1v) is 4.99. The Balaban J connectivity index is 2.73. The number of halogens is 1. The molecular formula is C9H5BrN2O4. The Morgan fingerprint density at radius 1 is 1.50 bits per heavy atom. The number of aromatic amines is 1. The van der Waals surface area contributed by atoms with Crippen molar-refractivity contribution in [2.75, 3.05) is 0 Å². The number of hydrogen-bond donors (Lipinski definition) is 2. The Morgan fingerprint density at radius 2 is 2.19 bits per heavy atom. The van der Waals surface area contributed by atoms with Gasteiger partial charge in [-0.05, 0) is 22.0 Å². The number of nitro benzene ring substituents is 1. The first kappa shape index (κ1) is 10.6. The molecule has 16 heavy (non-hydrogen) atoms. The molecule has 0 atom stereocenters. The lowest BCUT2D eigenvalue weighted by Crippen LogP contribution is -1.96. The van der Waals surface area contributed by atoms with E-state index in [1.165, 1.54) is 18.2 Å². The molecule has 1 aromatic carbocycles. The second-order valence-corrected chi connectivity index (χ2v) is 3.90. The fourth-order valence-electron chi connectivity index (χ4n) is 1.41. The molecule has 0 unspecified atom stereocenters. The van der Waals surface area contributed by atoms with E-state index in [1.54, 1.807) is 0 Å². The lowest BCUT2D eigenvalue weighted by Gasteiger charge is -1.91. The van der Waals surface area contributed by atoms with Crippen LogP contribution in [-0.2, 0) is 0 Å². The molecule has 0 amide bonds. The second kappa shape index (κ2) is 3.60. The average Bonchev–Trinajstić information content (AvgIpc) is 2.56. The number of carboxylic acid groups (broad SMARTS) is 1. The molecule has 0 bridgehead atoms. The highest BCUT2D eigenvalue weighted by molar-refractivity contribution is 9.10. The maximum Gasteiger partial charge on any atom is 0.353 e. The number of carbonyl (C=O) groups is 1. The predicted octanol–water partition coefficient (Wildman–Crippen LogP) is 2.54. The molecule has 0 fully saturated rings. The molecule has 7 heteroatoms. The minimum Gasteiger partial charge on any atom is -0.477 e. The van der Waals surface area contributed by atoms with Crippen LogP contribution in [0.2, 0.25) is 0 Å². The zero-order valence-corrected chi connectivity index (χ0v) is 9.32. The van der Waals surface area contributed by atoms with Crippen molar-refractivity contribution < 1.29 is 14.8 Å². The number of nitrogens with zero attached hydrogens (tertiary/aromatic N) is 1. The molecule has 1 aromatic heterocycles. The van der Waals surface area contributed by atoms with Gasteiger partial charge in [-0.3, -0.25) is 10.1 Å². The van der Waals surface area contributed by atoms with Crippen LogP contribution in [0.5, 0.6) is 0 Å². The third-order valence-corrected chi connectivity index (χ3v) is 2.97. The highest BCUT2D eigenvalue weighted by atomic mass is 79.9. The summed E-state index contributed by atoms with van der Waals surface area (Å²) in [5.74, 6) is -1.12. The van der Waals surface area contributed by atoms with Gasteiger partial charge in [0.15, 0.2) is 0 Å². The van der Waals surface area contributed by atoms with E-state index >= 15 is 0 Å². The number of rotatable bonds is 2. The van der Waals surface area contributed by atoms with Crippen molar-refractivity contribution in [3.05, 3.63) is 38.5 Å². The van der Waals surface area contributed by atoms with Crippen LogP contribution in [0.25, 0.3) is 10.9 Å². The molecule has 82 valence electrons. The zero-order valence-electron chi connectivity index (χ0n) is 7.73. The quantitative estimate of drug-likeness (QED) is 0.654. The summed E-state index contributed by atoms with van der Waals surface area (Å²) < 4.78 is 0.318. The van der Waals surface area contributed by atoms with E-state index in [0.29, 0.717) is 15.4 Å². The van der Waals surface area contributed by atoms with Crippen molar-refractivity contribution >= 4 is 38.5 Å². The van der Waals surface area contributed by atoms with Crippen molar-refractivity contribution in [1.82, 2.24) is 4.98 Å². The molecular weight excluding hydrogens is 280 g/mol. The van der Waals surface area contributed by atoms with Gasteiger partial charge in [0, 0.05) is 23.0 Å². The van der Waals surface area contributed by atoms with Crippen LogP contribution in [0, 0.1) is 10.1 Å². The number of carboxylic acids is 1. The number of nitro groups is 1. The Hall–Kier alpha value is -1.89. The fraction of sp³-hybridized carbons (Fsp3) is 0. The number of nitrogens with one attached hydrogen (secondary N) is 1. The smallest absolute Gasteiger partial charge is 0.353 e. The maximum absolute atomic E-state index is 10.8. The van der Waals surface area contributed by atoms with E-state index in [0.717, 1.165) is 0 Å².